The fraction of sp³-hybridized carbons (Fsp3) is 0.217. The second-order valence-electron chi connectivity index (χ2n) is 7.25. The Balaban J connectivity index is 1.95. The number of aliphatic hydroxyl groups is 1. The Hall–Kier alpha value is -3.41. The third-order valence-corrected chi connectivity index (χ3v) is 5.35. The molecule has 2 heterocycles. The number of aromatic amines is 1. The fourth-order valence-electron chi connectivity index (χ4n) is 3.94. The third kappa shape index (κ3) is 3.01. The molecule has 148 valence electrons. The number of aromatic nitrogens is 1. The molecule has 1 aromatic heterocycles. The van der Waals surface area contributed by atoms with Gasteiger partial charge in [0.25, 0.3) is 11.7 Å². The van der Waals surface area contributed by atoms with Crippen molar-refractivity contribution < 1.29 is 19.1 Å². The highest BCUT2D eigenvalue weighted by Crippen LogP contribution is 2.42. The number of halogens is 1. The molecule has 4 rings (SSSR count). The highest BCUT2D eigenvalue weighted by molar-refractivity contribution is 6.46. The van der Waals surface area contributed by atoms with Gasteiger partial charge in [-0.15, -0.1) is 0 Å². The number of rotatable bonds is 4. The van der Waals surface area contributed by atoms with Crippen molar-refractivity contribution in [3.63, 3.8) is 0 Å². The van der Waals surface area contributed by atoms with Gasteiger partial charge in [0.1, 0.15) is 11.6 Å². The number of carbonyl (C=O) groups is 2. The molecule has 6 heteroatoms. The topological polar surface area (TPSA) is 73.4 Å². The van der Waals surface area contributed by atoms with Crippen LogP contribution in [0.2, 0.25) is 0 Å². The Labute approximate surface area is 167 Å². The maximum atomic E-state index is 13.7. The Morgan fingerprint density at radius 1 is 1.21 bits per heavy atom. The number of likely N-dealkylation sites (tertiary alicyclic amines) is 1. The number of aryl methyl sites for hydroxylation is 1. The van der Waals surface area contributed by atoms with Crippen LogP contribution in [0.5, 0.6) is 0 Å². The van der Waals surface area contributed by atoms with E-state index in [1.165, 1.54) is 23.1 Å². The second kappa shape index (κ2) is 7.20. The number of benzene rings is 2. The van der Waals surface area contributed by atoms with E-state index < -0.39 is 23.5 Å². The average Bonchev–Trinajstić information content (AvgIpc) is 3.24. The zero-order valence-electron chi connectivity index (χ0n) is 16.2. The summed E-state index contributed by atoms with van der Waals surface area (Å²) in [5.74, 6) is -2.06. The zero-order chi connectivity index (χ0) is 20.7. The van der Waals surface area contributed by atoms with Gasteiger partial charge in [0.05, 0.1) is 11.6 Å². The largest absolute Gasteiger partial charge is 0.507 e. The lowest BCUT2D eigenvalue weighted by atomic mass is 9.94. The highest BCUT2D eigenvalue weighted by Gasteiger charge is 2.46. The van der Waals surface area contributed by atoms with Crippen molar-refractivity contribution in [1.29, 1.82) is 0 Å². The van der Waals surface area contributed by atoms with E-state index in [-0.39, 0.29) is 11.3 Å². The van der Waals surface area contributed by atoms with E-state index in [0.29, 0.717) is 24.1 Å². The van der Waals surface area contributed by atoms with Gasteiger partial charge in [0.2, 0.25) is 0 Å². The predicted molar refractivity (Wildman–Crippen MR) is 109 cm³/mol. The van der Waals surface area contributed by atoms with Crippen LogP contribution in [0.15, 0.2) is 54.2 Å². The molecule has 1 saturated heterocycles. The van der Waals surface area contributed by atoms with Crippen molar-refractivity contribution in [2.75, 3.05) is 6.54 Å². The van der Waals surface area contributed by atoms with Crippen molar-refractivity contribution in [2.24, 2.45) is 0 Å². The first-order valence-electron chi connectivity index (χ1n) is 9.55. The standard InChI is InChI=1S/C23H21FN2O3/c1-3-10-26-20(16-12-25-18-7-5-4-6-15(16)18)19(22(28)23(26)29)21(27)14-8-9-17(24)13(2)11-14/h4-9,11-12,20,25,27H,3,10H2,1-2H3/b21-19+. The van der Waals surface area contributed by atoms with Gasteiger partial charge in [0, 0.05) is 34.8 Å². The van der Waals surface area contributed by atoms with Crippen LogP contribution in [0, 0.1) is 12.7 Å². The van der Waals surface area contributed by atoms with E-state index in [0.717, 1.165) is 16.5 Å². The molecule has 0 saturated carbocycles. The first-order valence-corrected chi connectivity index (χ1v) is 9.55. The van der Waals surface area contributed by atoms with E-state index in [1.54, 1.807) is 13.1 Å². The molecule has 1 fully saturated rings. The van der Waals surface area contributed by atoms with Crippen LogP contribution in [0.3, 0.4) is 0 Å². The molecule has 0 bridgehead atoms. The lowest BCUT2D eigenvalue weighted by Gasteiger charge is -2.24. The van der Waals surface area contributed by atoms with Gasteiger partial charge in [-0.3, -0.25) is 9.59 Å². The third-order valence-electron chi connectivity index (χ3n) is 5.35. The van der Waals surface area contributed by atoms with Gasteiger partial charge >= 0.3 is 0 Å². The summed E-state index contributed by atoms with van der Waals surface area (Å²) in [4.78, 5) is 30.3. The monoisotopic (exact) mass is 392 g/mol. The summed E-state index contributed by atoms with van der Waals surface area (Å²) in [5.41, 5.74) is 2.30. The normalized spacial score (nSPS) is 18.7. The zero-order valence-corrected chi connectivity index (χ0v) is 16.2. The minimum absolute atomic E-state index is 0.0270. The summed E-state index contributed by atoms with van der Waals surface area (Å²) < 4.78 is 13.7. The van der Waals surface area contributed by atoms with Crippen LogP contribution in [-0.4, -0.2) is 33.2 Å². The van der Waals surface area contributed by atoms with Crippen LogP contribution >= 0.6 is 0 Å². The molecule has 3 aromatic rings. The fourth-order valence-corrected chi connectivity index (χ4v) is 3.94. The number of amides is 1. The molecule has 0 spiro atoms. The molecular weight excluding hydrogens is 371 g/mol. The van der Waals surface area contributed by atoms with Crippen molar-refractivity contribution in [3.8, 4) is 0 Å². The molecule has 29 heavy (non-hydrogen) atoms. The molecule has 1 aliphatic rings. The average molecular weight is 392 g/mol. The molecule has 2 aromatic carbocycles. The molecule has 1 atom stereocenters. The Morgan fingerprint density at radius 3 is 2.69 bits per heavy atom. The lowest BCUT2D eigenvalue weighted by molar-refractivity contribution is -0.139. The molecule has 2 N–H and O–H groups in total. The van der Waals surface area contributed by atoms with Gasteiger partial charge in [-0.05, 0) is 43.2 Å². The number of nitrogens with one attached hydrogen (secondary N) is 1. The number of nitrogens with zero attached hydrogens (tertiary/aromatic N) is 1. The number of ketones is 1. The number of carbonyl (C=O) groups excluding carboxylic acids is 2. The van der Waals surface area contributed by atoms with Crippen LogP contribution in [0.1, 0.15) is 36.1 Å². The first kappa shape index (κ1) is 18.9. The van der Waals surface area contributed by atoms with Crippen molar-refractivity contribution in [1.82, 2.24) is 9.88 Å². The number of para-hydroxylation sites is 1. The quantitative estimate of drug-likeness (QED) is 0.391. The summed E-state index contributed by atoms with van der Waals surface area (Å²) in [6.07, 6.45) is 2.44. The molecular formula is C23H21FN2O3. The van der Waals surface area contributed by atoms with Gasteiger partial charge in [-0.1, -0.05) is 25.1 Å². The Kier molecular flexibility index (Phi) is 4.70. The summed E-state index contributed by atoms with van der Waals surface area (Å²) in [6, 6.07) is 11.0. The maximum absolute atomic E-state index is 13.7. The Bertz CT molecular complexity index is 1160. The van der Waals surface area contributed by atoms with Gasteiger partial charge in [-0.2, -0.15) is 0 Å². The molecule has 5 nitrogen and oxygen atoms in total. The van der Waals surface area contributed by atoms with Crippen molar-refractivity contribution >= 4 is 28.4 Å². The smallest absolute Gasteiger partial charge is 0.295 e. The van der Waals surface area contributed by atoms with Crippen LogP contribution in [0.25, 0.3) is 16.7 Å². The molecule has 1 amide bonds. The Morgan fingerprint density at radius 2 is 1.97 bits per heavy atom. The predicted octanol–water partition coefficient (Wildman–Crippen LogP) is 4.45. The highest BCUT2D eigenvalue weighted by atomic mass is 19.1. The number of aliphatic hydroxyl groups excluding tert-OH is 1. The summed E-state index contributed by atoms with van der Waals surface area (Å²) in [7, 11) is 0. The van der Waals surface area contributed by atoms with Crippen molar-refractivity contribution in [2.45, 2.75) is 26.3 Å². The SMILES string of the molecule is CCCN1C(=O)C(=O)/C(=C(/O)c2ccc(F)c(C)c2)C1c1c[nH]c2ccccc12. The van der Waals surface area contributed by atoms with E-state index in [1.807, 2.05) is 31.2 Å². The molecule has 0 radical (unpaired) electrons. The second-order valence-corrected chi connectivity index (χ2v) is 7.25. The summed E-state index contributed by atoms with van der Waals surface area (Å²) >= 11 is 0. The van der Waals surface area contributed by atoms with E-state index in [4.69, 9.17) is 0 Å². The number of hydrogen-bond donors (Lipinski definition) is 2. The minimum Gasteiger partial charge on any atom is -0.507 e. The van der Waals surface area contributed by atoms with Crippen LogP contribution in [0.4, 0.5) is 4.39 Å². The van der Waals surface area contributed by atoms with Gasteiger partial charge in [-0.25, -0.2) is 4.39 Å². The van der Waals surface area contributed by atoms with Gasteiger partial charge in [0.15, 0.2) is 0 Å². The van der Waals surface area contributed by atoms with Crippen LogP contribution < -0.4 is 0 Å². The van der Waals surface area contributed by atoms with E-state index >= 15 is 0 Å². The maximum Gasteiger partial charge on any atom is 0.295 e. The number of hydrogen-bond acceptors (Lipinski definition) is 3. The number of fused-ring (bicyclic) bond motifs is 1. The number of H-pyrrole nitrogens is 1. The van der Waals surface area contributed by atoms with Crippen LogP contribution in [-0.2, 0) is 9.59 Å². The molecule has 1 unspecified atom stereocenters. The summed E-state index contributed by atoms with van der Waals surface area (Å²) in [6.45, 7) is 3.89. The van der Waals surface area contributed by atoms with E-state index in [2.05, 4.69) is 4.98 Å². The first-order chi connectivity index (χ1) is 13.9. The summed E-state index contributed by atoms with van der Waals surface area (Å²) in [5, 5.41) is 11.9. The molecule has 1 aliphatic heterocycles. The van der Waals surface area contributed by atoms with Gasteiger partial charge < -0.3 is 15.0 Å². The number of Topliss-reactive ketones (excluding diaryl/α,β-unsaturated/α-hetero) is 1. The minimum atomic E-state index is -0.729. The van der Waals surface area contributed by atoms with E-state index in [9.17, 15) is 19.1 Å². The molecule has 0 aliphatic carbocycles. The lowest BCUT2D eigenvalue weighted by Crippen LogP contribution is -2.30. The van der Waals surface area contributed by atoms with Crippen molar-refractivity contribution in [3.05, 3.63) is 76.7 Å².